The van der Waals surface area contributed by atoms with Crippen molar-refractivity contribution in [3.8, 4) is 0 Å². The second kappa shape index (κ2) is 7.92. The molecule has 0 aliphatic rings. The van der Waals surface area contributed by atoms with Crippen LogP contribution in [0.5, 0.6) is 0 Å². The van der Waals surface area contributed by atoms with E-state index in [1.165, 1.54) is 17.7 Å². The molecular formula is C17H18BrClFN. The third kappa shape index (κ3) is 4.80. The van der Waals surface area contributed by atoms with Crippen LogP contribution in [0.3, 0.4) is 0 Å². The van der Waals surface area contributed by atoms with Crippen molar-refractivity contribution in [3.63, 3.8) is 0 Å². The van der Waals surface area contributed by atoms with Crippen LogP contribution in [0.2, 0.25) is 5.02 Å². The van der Waals surface area contributed by atoms with Gasteiger partial charge in [-0.3, -0.25) is 0 Å². The molecule has 2 rings (SSSR count). The second-order valence-electron chi connectivity index (χ2n) is 5.01. The maximum atomic E-state index is 13.0. The van der Waals surface area contributed by atoms with E-state index >= 15 is 0 Å². The van der Waals surface area contributed by atoms with Gasteiger partial charge < -0.3 is 5.32 Å². The van der Waals surface area contributed by atoms with E-state index in [-0.39, 0.29) is 11.9 Å². The van der Waals surface area contributed by atoms with Crippen LogP contribution in [0.1, 0.15) is 30.5 Å². The van der Waals surface area contributed by atoms with E-state index in [0.717, 1.165) is 29.4 Å². The van der Waals surface area contributed by atoms with Gasteiger partial charge in [-0.15, -0.1) is 0 Å². The molecule has 0 amide bonds. The Morgan fingerprint density at radius 1 is 1.19 bits per heavy atom. The molecule has 0 saturated carbocycles. The molecule has 0 heterocycles. The molecule has 0 bridgehead atoms. The monoisotopic (exact) mass is 369 g/mol. The van der Waals surface area contributed by atoms with Crippen molar-refractivity contribution in [2.24, 2.45) is 0 Å². The minimum absolute atomic E-state index is 0.184. The van der Waals surface area contributed by atoms with Gasteiger partial charge in [-0.1, -0.05) is 36.7 Å². The maximum Gasteiger partial charge on any atom is 0.123 e. The minimum atomic E-state index is -0.203. The number of hydrogen-bond donors (Lipinski definition) is 1. The Balaban J connectivity index is 2.20. The van der Waals surface area contributed by atoms with Gasteiger partial charge in [0.2, 0.25) is 0 Å². The van der Waals surface area contributed by atoms with E-state index in [9.17, 15) is 4.39 Å². The largest absolute Gasteiger partial charge is 0.310 e. The van der Waals surface area contributed by atoms with Gasteiger partial charge in [0.1, 0.15) is 5.82 Å². The Bertz CT molecular complexity index is 586. The maximum absolute atomic E-state index is 13.0. The number of hydrogen-bond acceptors (Lipinski definition) is 1. The van der Waals surface area contributed by atoms with Gasteiger partial charge in [-0.25, -0.2) is 4.39 Å². The van der Waals surface area contributed by atoms with Crippen LogP contribution in [0.4, 0.5) is 4.39 Å². The molecule has 0 radical (unpaired) electrons. The molecule has 2 aromatic carbocycles. The first-order valence-electron chi connectivity index (χ1n) is 7.03. The molecule has 0 fully saturated rings. The first-order valence-corrected chi connectivity index (χ1v) is 8.20. The van der Waals surface area contributed by atoms with Crippen molar-refractivity contribution in [1.29, 1.82) is 0 Å². The molecule has 1 N–H and O–H groups in total. The summed E-state index contributed by atoms with van der Waals surface area (Å²) in [5.41, 5.74) is 2.28. The Hall–Kier alpha value is -0.900. The van der Waals surface area contributed by atoms with Crippen LogP contribution in [0.15, 0.2) is 46.9 Å². The van der Waals surface area contributed by atoms with Crippen LogP contribution in [0, 0.1) is 5.82 Å². The van der Waals surface area contributed by atoms with Crippen molar-refractivity contribution < 1.29 is 4.39 Å². The van der Waals surface area contributed by atoms with Gasteiger partial charge in [-0.05, 0) is 70.7 Å². The number of nitrogens with one attached hydrogen (secondary N) is 1. The van der Waals surface area contributed by atoms with E-state index in [4.69, 9.17) is 11.6 Å². The van der Waals surface area contributed by atoms with E-state index in [1.807, 2.05) is 30.3 Å². The molecular weight excluding hydrogens is 353 g/mol. The predicted octanol–water partition coefficient (Wildman–Crippen LogP) is 5.53. The highest BCUT2D eigenvalue weighted by atomic mass is 79.9. The van der Waals surface area contributed by atoms with Crippen LogP contribution in [-0.4, -0.2) is 6.54 Å². The van der Waals surface area contributed by atoms with Crippen molar-refractivity contribution in [3.05, 3.63) is 68.9 Å². The zero-order chi connectivity index (χ0) is 15.2. The normalized spacial score (nSPS) is 12.4. The zero-order valence-electron chi connectivity index (χ0n) is 11.9. The third-order valence-electron chi connectivity index (χ3n) is 3.34. The lowest BCUT2D eigenvalue weighted by molar-refractivity contribution is 0.528. The van der Waals surface area contributed by atoms with Crippen molar-refractivity contribution in [1.82, 2.24) is 5.32 Å². The van der Waals surface area contributed by atoms with Gasteiger partial charge in [0, 0.05) is 10.5 Å². The zero-order valence-corrected chi connectivity index (χ0v) is 14.2. The first-order chi connectivity index (χ1) is 10.1. The highest BCUT2D eigenvalue weighted by Crippen LogP contribution is 2.27. The SMILES string of the molecule is CCCNC(Cc1ccc(F)cc1)c1ccc(Cl)c(Br)c1. The lowest BCUT2D eigenvalue weighted by Crippen LogP contribution is -2.24. The molecule has 112 valence electrons. The fourth-order valence-corrected chi connectivity index (χ4v) is 2.73. The van der Waals surface area contributed by atoms with E-state index in [1.54, 1.807) is 0 Å². The van der Waals surface area contributed by atoms with Gasteiger partial charge in [0.15, 0.2) is 0 Å². The Labute approximate surface area is 138 Å². The fraction of sp³-hybridized carbons (Fsp3) is 0.294. The summed E-state index contributed by atoms with van der Waals surface area (Å²) in [5, 5.41) is 4.24. The smallest absolute Gasteiger partial charge is 0.123 e. The first kappa shape index (κ1) is 16.5. The Kier molecular flexibility index (Phi) is 6.22. The lowest BCUT2D eigenvalue weighted by Gasteiger charge is -2.20. The molecule has 0 aliphatic heterocycles. The quantitative estimate of drug-likeness (QED) is 0.705. The van der Waals surface area contributed by atoms with Crippen molar-refractivity contribution in [2.75, 3.05) is 6.54 Å². The van der Waals surface area contributed by atoms with Gasteiger partial charge in [-0.2, -0.15) is 0 Å². The number of benzene rings is 2. The summed E-state index contributed by atoms with van der Waals surface area (Å²) < 4.78 is 13.9. The molecule has 2 aromatic rings. The molecule has 1 nitrogen and oxygen atoms in total. The van der Waals surface area contributed by atoms with Crippen LogP contribution < -0.4 is 5.32 Å². The lowest BCUT2D eigenvalue weighted by atomic mass is 9.98. The average molecular weight is 371 g/mol. The summed E-state index contributed by atoms with van der Waals surface area (Å²) in [6.45, 7) is 3.08. The summed E-state index contributed by atoms with van der Waals surface area (Å²) in [7, 11) is 0. The Morgan fingerprint density at radius 2 is 1.90 bits per heavy atom. The van der Waals surface area contributed by atoms with Crippen LogP contribution in [0.25, 0.3) is 0 Å². The van der Waals surface area contributed by atoms with Gasteiger partial charge in [0.05, 0.1) is 5.02 Å². The van der Waals surface area contributed by atoms with E-state index in [2.05, 4.69) is 28.2 Å². The van der Waals surface area contributed by atoms with Crippen molar-refractivity contribution in [2.45, 2.75) is 25.8 Å². The molecule has 0 aliphatic carbocycles. The highest BCUT2D eigenvalue weighted by molar-refractivity contribution is 9.10. The number of rotatable bonds is 6. The average Bonchev–Trinajstić information content (AvgIpc) is 2.48. The standard InChI is InChI=1S/C17H18BrClFN/c1-2-9-21-17(10-12-3-6-14(20)7-4-12)13-5-8-16(19)15(18)11-13/h3-8,11,17,21H,2,9-10H2,1H3. The molecule has 0 aromatic heterocycles. The molecule has 0 saturated heterocycles. The van der Waals surface area contributed by atoms with Gasteiger partial charge >= 0.3 is 0 Å². The summed E-state index contributed by atoms with van der Waals surface area (Å²) in [6, 6.07) is 12.8. The molecule has 0 spiro atoms. The third-order valence-corrected chi connectivity index (χ3v) is 4.55. The second-order valence-corrected chi connectivity index (χ2v) is 6.27. The van der Waals surface area contributed by atoms with E-state index < -0.39 is 0 Å². The molecule has 1 atom stereocenters. The van der Waals surface area contributed by atoms with E-state index in [0.29, 0.717) is 5.02 Å². The van der Waals surface area contributed by atoms with Crippen LogP contribution in [-0.2, 0) is 6.42 Å². The van der Waals surface area contributed by atoms with Crippen LogP contribution >= 0.6 is 27.5 Å². The predicted molar refractivity (Wildman–Crippen MR) is 90.3 cm³/mol. The fourth-order valence-electron chi connectivity index (χ4n) is 2.21. The Morgan fingerprint density at radius 3 is 2.52 bits per heavy atom. The minimum Gasteiger partial charge on any atom is -0.310 e. The number of halogens is 3. The summed E-state index contributed by atoms with van der Waals surface area (Å²) >= 11 is 9.53. The summed E-state index contributed by atoms with van der Waals surface area (Å²) in [6.07, 6.45) is 1.88. The highest BCUT2D eigenvalue weighted by Gasteiger charge is 2.13. The molecule has 1 unspecified atom stereocenters. The topological polar surface area (TPSA) is 12.0 Å². The summed E-state index contributed by atoms with van der Waals surface area (Å²) in [5.74, 6) is -0.203. The molecule has 4 heteroatoms. The molecule has 21 heavy (non-hydrogen) atoms. The van der Waals surface area contributed by atoms with Crippen molar-refractivity contribution >= 4 is 27.5 Å². The summed E-state index contributed by atoms with van der Waals surface area (Å²) in [4.78, 5) is 0. The van der Waals surface area contributed by atoms with Gasteiger partial charge in [0.25, 0.3) is 0 Å².